The Balaban J connectivity index is 1.73. The number of carbonyl (C=O) groups is 2. The third-order valence-corrected chi connectivity index (χ3v) is 2.79. The fourth-order valence-electron chi connectivity index (χ4n) is 1.86. The summed E-state index contributed by atoms with van der Waals surface area (Å²) in [6, 6.07) is 5.28. The van der Waals surface area contributed by atoms with E-state index in [4.69, 9.17) is 9.47 Å². The predicted octanol–water partition coefficient (Wildman–Crippen LogP) is 0.122. The van der Waals surface area contributed by atoms with Crippen LogP contribution in [-0.4, -0.2) is 44.7 Å². The molecule has 0 aromatic heterocycles. The van der Waals surface area contributed by atoms with Crippen molar-refractivity contribution in [2.45, 2.75) is 6.92 Å². The highest BCUT2D eigenvalue weighted by atomic mass is 16.6. The highest BCUT2D eigenvalue weighted by molar-refractivity contribution is 5.92. The number of benzene rings is 1. The molecule has 0 aliphatic carbocycles. The van der Waals surface area contributed by atoms with Crippen LogP contribution in [0.2, 0.25) is 0 Å². The molecule has 0 saturated heterocycles. The van der Waals surface area contributed by atoms with Crippen LogP contribution >= 0.6 is 0 Å². The van der Waals surface area contributed by atoms with Gasteiger partial charge in [-0.15, -0.1) is 0 Å². The van der Waals surface area contributed by atoms with Gasteiger partial charge in [0.15, 0.2) is 11.5 Å². The van der Waals surface area contributed by atoms with Crippen LogP contribution in [0.5, 0.6) is 11.5 Å². The molecule has 7 nitrogen and oxygen atoms in total. The first-order valence-corrected chi connectivity index (χ1v) is 6.80. The second kappa shape index (κ2) is 7.49. The normalized spacial score (nSPS) is 12.6. The molecule has 0 atom stereocenters. The highest BCUT2D eigenvalue weighted by Gasteiger charge is 2.12. The van der Waals surface area contributed by atoms with E-state index < -0.39 is 0 Å². The molecule has 1 aliphatic heterocycles. The van der Waals surface area contributed by atoms with Crippen LogP contribution in [0, 0.1) is 0 Å². The zero-order valence-corrected chi connectivity index (χ0v) is 11.9. The standard InChI is InChI=1S/C14H19N3O4/c1-10(18)16-5-4-15-9-14(19)17-11-2-3-12-13(8-11)21-7-6-20-12/h2-3,8,15H,4-7,9H2,1H3,(H,16,18)(H,17,19). The maximum atomic E-state index is 11.7. The number of hydrogen-bond donors (Lipinski definition) is 3. The third-order valence-electron chi connectivity index (χ3n) is 2.79. The molecule has 1 heterocycles. The first kappa shape index (κ1) is 15.1. The van der Waals surface area contributed by atoms with Crippen LogP contribution in [0.3, 0.4) is 0 Å². The smallest absolute Gasteiger partial charge is 0.238 e. The van der Waals surface area contributed by atoms with Gasteiger partial charge in [0, 0.05) is 31.8 Å². The van der Waals surface area contributed by atoms with Crippen molar-refractivity contribution in [3.8, 4) is 11.5 Å². The van der Waals surface area contributed by atoms with Crippen molar-refractivity contribution in [2.75, 3.05) is 38.2 Å². The zero-order valence-electron chi connectivity index (χ0n) is 11.9. The SMILES string of the molecule is CC(=O)NCCNCC(=O)Nc1ccc2c(c1)OCCO2. The summed E-state index contributed by atoms with van der Waals surface area (Å²) in [5, 5.41) is 8.35. The van der Waals surface area contributed by atoms with Gasteiger partial charge in [-0.25, -0.2) is 0 Å². The molecule has 0 fully saturated rings. The molecule has 0 saturated carbocycles. The molecule has 0 radical (unpaired) electrons. The Morgan fingerprint density at radius 3 is 2.67 bits per heavy atom. The number of nitrogens with one attached hydrogen (secondary N) is 3. The summed E-state index contributed by atoms with van der Waals surface area (Å²) in [6.45, 7) is 3.70. The van der Waals surface area contributed by atoms with Gasteiger partial charge in [-0.05, 0) is 12.1 Å². The summed E-state index contributed by atoms with van der Waals surface area (Å²) in [6.07, 6.45) is 0. The molecule has 114 valence electrons. The van der Waals surface area contributed by atoms with Gasteiger partial charge in [-0.3, -0.25) is 9.59 Å². The zero-order chi connectivity index (χ0) is 15.1. The summed E-state index contributed by atoms with van der Waals surface area (Å²) in [5.74, 6) is 1.08. The minimum absolute atomic E-state index is 0.0856. The second-order valence-corrected chi connectivity index (χ2v) is 4.57. The molecule has 2 amide bonds. The second-order valence-electron chi connectivity index (χ2n) is 4.57. The number of carbonyl (C=O) groups excluding carboxylic acids is 2. The lowest BCUT2D eigenvalue weighted by atomic mass is 10.2. The minimum Gasteiger partial charge on any atom is -0.486 e. The summed E-state index contributed by atoms with van der Waals surface area (Å²) in [4.78, 5) is 22.4. The van der Waals surface area contributed by atoms with Gasteiger partial charge in [0.1, 0.15) is 13.2 Å². The summed E-state index contributed by atoms with van der Waals surface area (Å²) in [5.41, 5.74) is 0.660. The number of fused-ring (bicyclic) bond motifs is 1. The van der Waals surface area contributed by atoms with E-state index in [1.54, 1.807) is 18.2 Å². The lowest BCUT2D eigenvalue weighted by molar-refractivity contribution is -0.118. The van der Waals surface area contributed by atoms with Gasteiger partial charge in [0.05, 0.1) is 6.54 Å². The van der Waals surface area contributed by atoms with Gasteiger partial charge in [-0.1, -0.05) is 0 Å². The lowest BCUT2D eigenvalue weighted by Crippen LogP contribution is -2.34. The fraction of sp³-hybridized carbons (Fsp3) is 0.429. The highest BCUT2D eigenvalue weighted by Crippen LogP contribution is 2.32. The number of anilines is 1. The van der Waals surface area contributed by atoms with Crippen molar-refractivity contribution in [3.05, 3.63) is 18.2 Å². The van der Waals surface area contributed by atoms with E-state index in [2.05, 4.69) is 16.0 Å². The lowest BCUT2D eigenvalue weighted by Gasteiger charge is -2.19. The molecule has 21 heavy (non-hydrogen) atoms. The van der Waals surface area contributed by atoms with Crippen LogP contribution in [-0.2, 0) is 9.59 Å². The van der Waals surface area contributed by atoms with E-state index in [1.807, 2.05) is 0 Å². The van der Waals surface area contributed by atoms with Gasteiger partial charge < -0.3 is 25.4 Å². The molecule has 1 aromatic carbocycles. The summed E-state index contributed by atoms with van der Waals surface area (Å²) < 4.78 is 10.9. The van der Waals surface area contributed by atoms with Crippen molar-refractivity contribution in [1.29, 1.82) is 0 Å². The third kappa shape index (κ3) is 4.96. The van der Waals surface area contributed by atoms with Crippen molar-refractivity contribution < 1.29 is 19.1 Å². The monoisotopic (exact) mass is 293 g/mol. The average Bonchev–Trinajstić information content (AvgIpc) is 2.46. The Morgan fingerprint density at radius 1 is 1.14 bits per heavy atom. The molecule has 0 unspecified atom stereocenters. The Hall–Kier alpha value is -2.28. The van der Waals surface area contributed by atoms with Gasteiger partial charge in [0.2, 0.25) is 11.8 Å². The topological polar surface area (TPSA) is 88.7 Å². The molecule has 1 aromatic rings. The summed E-state index contributed by atoms with van der Waals surface area (Å²) >= 11 is 0. The maximum absolute atomic E-state index is 11.7. The van der Waals surface area contributed by atoms with Gasteiger partial charge >= 0.3 is 0 Å². The van der Waals surface area contributed by atoms with E-state index in [-0.39, 0.29) is 18.4 Å². The molecule has 0 spiro atoms. The van der Waals surface area contributed by atoms with E-state index in [1.165, 1.54) is 6.92 Å². The van der Waals surface area contributed by atoms with Gasteiger partial charge in [-0.2, -0.15) is 0 Å². The molecule has 1 aliphatic rings. The molecule has 2 rings (SSSR count). The van der Waals surface area contributed by atoms with E-state index in [0.717, 1.165) is 0 Å². The molecular weight excluding hydrogens is 274 g/mol. The van der Waals surface area contributed by atoms with Crippen molar-refractivity contribution in [1.82, 2.24) is 10.6 Å². The van der Waals surface area contributed by atoms with Crippen LogP contribution < -0.4 is 25.4 Å². The number of amides is 2. The number of rotatable bonds is 6. The Labute approximate surface area is 123 Å². The number of hydrogen-bond acceptors (Lipinski definition) is 5. The van der Waals surface area contributed by atoms with Crippen molar-refractivity contribution >= 4 is 17.5 Å². The van der Waals surface area contributed by atoms with Crippen LogP contribution in [0.1, 0.15) is 6.92 Å². The molecule has 3 N–H and O–H groups in total. The van der Waals surface area contributed by atoms with Crippen LogP contribution in [0.4, 0.5) is 5.69 Å². The Morgan fingerprint density at radius 2 is 1.90 bits per heavy atom. The number of ether oxygens (including phenoxy) is 2. The minimum atomic E-state index is -0.158. The molecule has 7 heteroatoms. The van der Waals surface area contributed by atoms with Crippen LogP contribution in [0.15, 0.2) is 18.2 Å². The first-order valence-electron chi connectivity index (χ1n) is 6.80. The fourth-order valence-corrected chi connectivity index (χ4v) is 1.86. The largest absolute Gasteiger partial charge is 0.486 e. The molecular formula is C14H19N3O4. The van der Waals surface area contributed by atoms with Gasteiger partial charge in [0.25, 0.3) is 0 Å². The van der Waals surface area contributed by atoms with E-state index in [9.17, 15) is 9.59 Å². The van der Waals surface area contributed by atoms with Crippen molar-refractivity contribution in [2.24, 2.45) is 0 Å². The Bertz CT molecular complexity index is 519. The van der Waals surface area contributed by atoms with E-state index in [0.29, 0.717) is 43.5 Å². The summed E-state index contributed by atoms with van der Waals surface area (Å²) in [7, 11) is 0. The quantitative estimate of drug-likeness (QED) is 0.648. The first-order chi connectivity index (χ1) is 10.1. The maximum Gasteiger partial charge on any atom is 0.238 e. The predicted molar refractivity (Wildman–Crippen MR) is 77.6 cm³/mol. The van der Waals surface area contributed by atoms with Crippen LogP contribution in [0.25, 0.3) is 0 Å². The molecule has 0 bridgehead atoms. The Kier molecular flexibility index (Phi) is 5.39. The van der Waals surface area contributed by atoms with E-state index >= 15 is 0 Å². The average molecular weight is 293 g/mol. The van der Waals surface area contributed by atoms with Crippen molar-refractivity contribution in [3.63, 3.8) is 0 Å².